The Morgan fingerprint density at radius 3 is 2.36 bits per heavy atom. The van der Waals surface area contributed by atoms with Crippen molar-refractivity contribution in [3.8, 4) is 11.5 Å². The first-order valence-electron chi connectivity index (χ1n) is 8.15. The Kier molecular flexibility index (Phi) is 3.62. The van der Waals surface area contributed by atoms with Crippen molar-refractivity contribution in [3.05, 3.63) is 78.0 Å². The third kappa shape index (κ3) is 2.60. The molecule has 0 radical (unpaired) electrons. The van der Waals surface area contributed by atoms with Gasteiger partial charge in [0.2, 0.25) is 5.69 Å². The van der Waals surface area contributed by atoms with Gasteiger partial charge in [-0.15, -0.1) is 0 Å². The smallest absolute Gasteiger partial charge is 0.254 e. The van der Waals surface area contributed by atoms with Gasteiger partial charge in [0.1, 0.15) is 12.8 Å². The van der Waals surface area contributed by atoms with E-state index in [9.17, 15) is 10.2 Å². The van der Waals surface area contributed by atoms with Crippen LogP contribution in [-0.2, 0) is 7.05 Å². The Hall–Kier alpha value is -3.33. The molecule has 0 aliphatic carbocycles. The third-order valence-corrected chi connectivity index (χ3v) is 4.57. The summed E-state index contributed by atoms with van der Waals surface area (Å²) in [6.45, 7) is 0. The van der Waals surface area contributed by atoms with Gasteiger partial charge in [0.05, 0.1) is 5.39 Å². The molecule has 0 amide bonds. The molecule has 0 unspecified atom stereocenters. The molecule has 0 aliphatic rings. The lowest BCUT2D eigenvalue weighted by Crippen LogP contribution is -2.32. The predicted molar refractivity (Wildman–Crippen MR) is 101 cm³/mol. The number of hydrogen-bond acceptors (Lipinski definition) is 2. The van der Waals surface area contributed by atoms with Crippen molar-refractivity contribution >= 4 is 33.8 Å². The Morgan fingerprint density at radius 1 is 0.720 bits per heavy atom. The van der Waals surface area contributed by atoms with Gasteiger partial charge >= 0.3 is 0 Å². The Bertz CT molecular complexity index is 1130. The van der Waals surface area contributed by atoms with E-state index >= 15 is 0 Å². The van der Waals surface area contributed by atoms with Crippen molar-refractivity contribution in [3.63, 3.8) is 0 Å². The maximum atomic E-state index is 10.3. The van der Waals surface area contributed by atoms with E-state index in [-0.39, 0.29) is 11.5 Å². The van der Waals surface area contributed by atoms with Gasteiger partial charge in [-0.25, -0.2) is 0 Å². The highest BCUT2D eigenvalue weighted by Crippen LogP contribution is 2.29. The van der Waals surface area contributed by atoms with Crippen LogP contribution in [0.2, 0.25) is 0 Å². The molecule has 0 saturated heterocycles. The Labute approximate surface area is 145 Å². The van der Waals surface area contributed by atoms with Crippen LogP contribution in [0.3, 0.4) is 0 Å². The van der Waals surface area contributed by atoms with Crippen LogP contribution < -0.4 is 4.57 Å². The van der Waals surface area contributed by atoms with E-state index in [1.54, 1.807) is 12.1 Å². The number of nitrogens with zero attached hydrogens (tertiary/aromatic N) is 1. The number of aryl methyl sites for hydroxylation is 1. The fraction of sp³-hybridized carbons (Fsp3) is 0.0455. The lowest BCUT2D eigenvalue weighted by atomic mass is 10.0. The molecule has 25 heavy (non-hydrogen) atoms. The monoisotopic (exact) mass is 328 g/mol. The van der Waals surface area contributed by atoms with Gasteiger partial charge in [0.15, 0.2) is 5.75 Å². The van der Waals surface area contributed by atoms with E-state index < -0.39 is 0 Å². The summed E-state index contributed by atoms with van der Waals surface area (Å²) in [5.74, 6) is 0.504. The minimum Gasteiger partial charge on any atom is -0.507 e. The molecule has 0 atom stereocenters. The van der Waals surface area contributed by atoms with E-state index in [4.69, 9.17) is 0 Å². The summed E-state index contributed by atoms with van der Waals surface area (Å²) in [7, 11) is 1.92. The second kappa shape index (κ2) is 5.95. The van der Waals surface area contributed by atoms with Gasteiger partial charge in [0.25, 0.3) is 5.52 Å². The third-order valence-electron chi connectivity index (χ3n) is 4.57. The maximum absolute atomic E-state index is 10.3. The quantitative estimate of drug-likeness (QED) is 0.536. The first-order chi connectivity index (χ1) is 12.1. The van der Waals surface area contributed by atoms with Crippen LogP contribution in [0.4, 0.5) is 0 Å². The Balaban J connectivity index is 1.86. The molecule has 3 nitrogen and oxygen atoms in total. The number of benzene rings is 3. The summed E-state index contributed by atoms with van der Waals surface area (Å²) < 4.78 is 1.95. The van der Waals surface area contributed by atoms with Crippen molar-refractivity contribution in [1.29, 1.82) is 0 Å². The van der Waals surface area contributed by atoms with Crippen molar-refractivity contribution in [2.75, 3.05) is 0 Å². The molecule has 4 aromatic rings. The summed E-state index contributed by atoms with van der Waals surface area (Å²) in [5, 5.41) is 23.5. The number of aromatic hydroxyl groups is 2. The minimum absolute atomic E-state index is 0.251. The molecule has 122 valence electrons. The lowest BCUT2D eigenvalue weighted by Gasteiger charge is -2.05. The normalized spacial score (nSPS) is 11.6. The highest BCUT2D eigenvalue weighted by atomic mass is 16.3. The zero-order chi connectivity index (χ0) is 17.4. The second-order valence-corrected chi connectivity index (χ2v) is 6.09. The minimum atomic E-state index is 0.251. The van der Waals surface area contributed by atoms with Crippen LogP contribution in [0.5, 0.6) is 11.5 Å². The molecule has 3 aromatic carbocycles. The Morgan fingerprint density at radius 2 is 1.48 bits per heavy atom. The number of fused-ring (bicyclic) bond motifs is 2. The number of phenols is 2. The van der Waals surface area contributed by atoms with Gasteiger partial charge in [-0.1, -0.05) is 36.4 Å². The summed E-state index contributed by atoms with van der Waals surface area (Å²) in [4.78, 5) is 0. The first-order valence-corrected chi connectivity index (χ1v) is 8.15. The highest BCUT2D eigenvalue weighted by Gasteiger charge is 2.13. The van der Waals surface area contributed by atoms with E-state index in [0.29, 0.717) is 0 Å². The van der Waals surface area contributed by atoms with Crippen LogP contribution in [0.15, 0.2) is 66.7 Å². The number of rotatable bonds is 2. The molecule has 0 fully saturated rings. The highest BCUT2D eigenvalue weighted by molar-refractivity contribution is 5.95. The van der Waals surface area contributed by atoms with Gasteiger partial charge in [-0.3, -0.25) is 0 Å². The zero-order valence-corrected chi connectivity index (χ0v) is 13.8. The molecular weight excluding hydrogens is 310 g/mol. The number of hydrogen-bond donors (Lipinski definition) is 2. The van der Waals surface area contributed by atoms with E-state index in [0.717, 1.165) is 32.9 Å². The van der Waals surface area contributed by atoms with Gasteiger partial charge < -0.3 is 10.2 Å². The van der Waals surface area contributed by atoms with Crippen LogP contribution >= 0.6 is 0 Å². The van der Waals surface area contributed by atoms with E-state index in [1.807, 2.05) is 78.4 Å². The predicted octanol–water partition coefficient (Wildman–Crippen LogP) is 4.40. The molecule has 0 saturated carbocycles. The van der Waals surface area contributed by atoms with Crippen molar-refractivity contribution in [2.45, 2.75) is 0 Å². The molecule has 1 heterocycles. The van der Waals surface area contributed by atoms with Crippen molar-refractivity contribution in [2.24, 2.45) is 7.05 Å². The summed E-state index contributed by atoms with van der Waals surface area (Å²) in [6.07, 6.45) is 3.87. The summed E-state index contributed by atoms with van der Waals surface area (Å²) >= 11 is 0. The van der Waals surface area contributed by atoms with Gasteiger partial charge in [-0.05, 0) is 41.1 Å². The molecule has 1 aromatic heterocycles. The van der Waals surface area contributed by atoms with Crippen molar-refractivity contribution < 1.29 is 14.8 Å². The fourth-order valence-electron chi connectivity index (χ4n) is 3.26. The van der Waals surface area contributed by atoms with Crippen LogP contribution in [0, 0.1) is 0 Å². The maximum Gasteiger partial charge on any atom is 0.254 e. The largest absolute Gasteiger partial charge is 0.507 e. The first kappa shape index (κ1) is 15.2. The second-order valence-electron chi connectivity index (χ2n) is 6.09. The molecule has 4 rings (SSSR count). The van der Waals surface area contributed by atoms with E-state index in [1.165, 1.54) is 0 Å². The standard InChI is InChI=1S/C22H17NO2/c1-23-17(11-9-16-6-4-8-21(25)22(16)23)12-13-19-18-7-3-2-5-15(18)10-14-20(19)24/h2-14,25H,1H3/p+1. The molecule has 2 N–H and O–H groups in total. The topological polar surface area (TPSA) is 44.3 Å². The summed E-state index contributed by atoms with van der Waals surface area (Å²) in [5.41, 5.74) is 2.50. The zero-order valence-electron chi connectivity index (χ0n) is 13.8. The van der Waals surface area contributed by atoms with Crippen LogP contribution in [0.25, 0.3) is 33.8 Å². The lowest BCUT2D eigenvalue weighted by molar-refractivity contribution is -0.646. The van der Waals surface area contributed by atoms with Crippen LogP contribution in [-0.4, -0.2) is 10.2 Å². The van der Waals surface area contributed by atoms with Gasteiger partial charge in [-0.2, -0.15) is 4.57 Å². The molecule has 0 spiro atoms. The summed E-state index contributed by atoms with van der Waals surface area (Å²) in [6, 6.07) is 21.1. The van der Waals surface area contributed by atoms with E-state index in [2.05, 4.69) is 0 Å². The van der Waals surface area contributed by atoms with Crippen molar-refractivity contribution in [1.82, 2.24) is 0 Å². The van der Waals surface area contributed by atoms with Gasteiger partial charge in [0, 0.05) is 17.7 Å². The number of aromatic nitrogens is 1. The fourth-order valence-corrected chi connectivity index (χ4v) is 3.26. The molecular formula is C22H18NO2+. The van der Waals surface area contributed by atoms with Crippen LogP contribution in [0.1, 0.15) is 11.3 Å². The number of para-hydroxylation sites is 1. The molecule has 3 heteroatoms. The SMILES string of the molecule is C[n+]1c(/C=C/c2c(O)ccc3ccccc23)ccc2cccc(O)c21. The average molecular weight is 328 g/mol. The number of phenolic OH excluding ortho intramolecular Hbond substituents is 2. The molecule has 0 aliphatic heterocycles. The number of pyridine rings is 1. The molecule has 0 bridgehead atoms. The average Bonchev–Trinajstić information content (AvgIpc) is 2.62.